The first-order valence-electron chi connectivity index (χ1n) is 4.96. The molecule has 0 amide bonds. The van der Waals surface area contributed by atoms with Gasteiger partial charge in [0.15, 0.2) is 5.82 Å². The lowest BCUT2D eigenvalue weighted by Gasteiger charge is -2.15. The summed E-state index contributed by atoms with van der Waals surface area (Å²) >= 11 is 0. The standard InChI is InChI=1S/C10H20N4/c1-7(11)6-8-12-9(10(2,3)4)14(5)13-8/h7H,6,11H2,1-5H3. The van der Waals surface area contributed by atoms with Crippen LogP contribution in [0.3, 0.4) is 0 Å². The molecule has 4 heteroatoms. The lowest BCUT2D eigenvalue weighted by Crippen LogP contribution is -2.19. The normalized spacial score (nSPS) is 14.4. The average molecular weight is 196 g/mol. The molecule has 0 saturated heterocycles. The number of nitrogens with two attached hydrogens (primary N) is 1. The summed E-state index contributed by atoms with van der Waals surface area (Å²) in [4.78, 5) is 4.49. The minimum absolute atomic E-state index is 0.0395. The number of rotatable bonds is 2. The van der Waals surface area contributed by atoms with Gasteiger partial charge >= 0.3 is 0 Å². The molecule has 4 nitrogen and oxygen atoms in total. The van der Waals surface area contributed by atoms with Crippen LogP contribution in [0, 0.1) is 0 Å². The molecule has 1 unspecified atom stereocenters. The van der Waals surface area contributed by atoms with Crippen LogP contribution >= 0.6 is 0 Å². The fraction of sp³-hybridized carbons (Fsp3) is 0.800. The molecule has 0 aliphatic rings. The van der Waals surface area contributed by atoms with Crippen molar-refractivity contribution in [1.29, 1.82) is 0 Å². The van der Waals surface area contributed by atoms with Crippen molar-refractivity contribution in [3.63, 3.8) is 0 Å². The van der Waals surface area contributed by atoms with Crippen LogP contribution in [0.5, 0.6) is 0 Å². The Hall–Kier alpha value is -0.900. The van der Waals surface area contributed by atoms with Gasteiger partial charge in [-0.3, -0.25) is 4.68 Å². The molecule has 0 bridgehead atoms. The van der Waals surface area contributed by atoms with Crippen LogP contribution in [0.2, 0.25) is 0 Å². The van der Waals surface area contributed by atoms with E-state index in [2.05, 4.69) is 30.9 Å². The summed E-state index contributed by atoms with van der Waals surface area (Å²) in [5, 5.41) is 4.34. The van der Waals surface area contributed by atoms with E-state index in [1.807, 2.05) is 18.7 Å². The maximum Gasteiger partial charge on any atom is 0.152 e. The molecule has 0 saturated carbocycles. The number of hydrogen-bond acceptors (Lipinski definition) is 3. The van der Waals surface area contributed by atoms with E-state index in [0.29, 0.717) is 0 Å². The van der Waals surface area contributed by atoms with Crippen molar-refractivity contribution in [2.24, 2.45) is 12.8 Å². The highest BCUT2D eigenvalue weighted by Gasteiger charge is 2.21. The molecule has 1 rings (SSSR count). The van der Waals surface area contributed by atoms with Gasteiger partial charge in [-0.15, -0.1) is 0 Å². The number of aryl methyl sites for hydroxylation is 1. The highest BCUT2D eigenvalue weighted by molar-refractivity contribution is 5.04. The van der Waals surface area contributed by atoms with Crippen LogP contribution in [0.15, 0.2) is 0 Å². The van der Waals surface area contributed by atoms with Gasteiger partial charge in [-0.1, -0.05) is 20.8 Å². The van der Waals surface area contributed by atoms with Crippen molar-refractivity contribution in [3.8, 4) is 0 Å². The van der Waals surface area contributed by atoms with Crippen molar-refractivity contribution in [1.82, 2.24) is 14.8 Å². The van der Waals surface area contributed by atoms with Crippen LogP contribution in [0.4, 0.5) is 0 Å². The molecule has 0 spiro atoms. The SMILES string of the molecule is CC(N)Cc1nc(C(C)(C)C)n(C)n1. The smallest absolute Gasteiger partial charge is 0.152 e. The molecule has 0 aliphatic heterocycles. The molecule has 0 aromatic carbocycles. The van der Waals surface area contributed by atoms with Crippen molar-refractivity contribution in [3.05, 3.63) is 11.6 Å². The first kappa shape index (κ1) is 11.2. The molecule has 14 heavy (non-hydrogen) atoms. The Labute approximate surface area is 85.5 Å². The third kappa shape index (κ3) is 2.54. The molecule has 0 aliphatic carbocycles. The number of nitrogens with zero attached hydrogens (tertiary/aromatic N) is 3. The van der Waals surface area contributed by atoms with Gasteiger partial charge in [0.05, 0.1) is 0 Å². The molecule has 2 N–H and O–H groups in total. The highest BCUT2D eigenvalue weighted by Crippen LogP contribution is 2.19. The number of aromatic nitrogens is 3. The van der Waals surface area contributed by atoms with E-state index >= 15 is 0 Å². The third-order valence-corrected chi connectivity index (χ3v) is 1.98. The molecule has 1 atom stereocenters. The zero-order valence-corrected chi connectivity index (χ0v) is 9.70. The van der Waals surface area contributed by atoms with Crippen LogP contribution in [-0.2, 0) is 18.9 Å². The Morgan fingerprint density at radius 3 is 2.36 bits per heavy atom. The minimum Gasteiger partial charge on any atom is -0.328 e. The third-order valence-electron chi connectivity index (χ3n) is 1.98. The maximum absolute atomic E-state index is 5.70. The predicted molar refractivity (Wildman–Crippen MR) is 57.1 cm³/mol. The number of hydrogen-bond donors (Lipinski definition) is 1. The van der Waals surface area contributed by atoms with Crippen molar-refractivity contribution < 1.29 is 0 Å². The average Bonchev–Trinajstić information content (AvgIpc) is 2.27. The summed E-state index contributed by atoms with van der Waals surface area (Å²) in [6, 6.07) is 0.116. The van der Waals surface area contributed by atoms with Crippen LogP contribution in [-0.4, -0.2) is 20.8 Å². The second kappa shape index (κ2) is 3.69. The summed E-state index contributed by atoms with van der Waals surface area (Å²) in [5.74, 6) is 1.85. The van der Waals surface area contributed by atoms with Crippen LogP contribution in [0.1, 0.15) is 39.3 Å². The second-order valence-electron chi connectivity index (χ2n) is 4.91. The molecule has 1 aromatic heterocycles. The Kier molecular flexibility index (Phi) is 2.95. The van der Waals surface area contributed by atoms with Gasteiger partial charge in [0.2, 0.25) is 0 Å². The van der Waals surface area contributed by atoms with Gasteiger partial charge in [-0.05, 0) is 6.92 Å². The molecule has 0 fully saturated rings. The van der Waals surface area contributed by atoms with Crippen LogP contribution < -0.4 is 5.73 Å². The zero-order valence-electron chi connectivity index (χ0n) is 9.70. The van der Waals surface area contributed by atoms with E-state index in [4.69, 9.17) is 5.73 Å². The lowest BCUT2D eigenvalue weighted by atomic mass is 9.96. The Morgan fingerprint density at radius 2 is 2.00 bits per heavy atom. The monoisotopic (exact) mass is 196 g/mol. The van der Waals surface area contributed by atoms with Gasteiger partial charge in [0.25, 0.3) is 0 Å². The minimum atomic E-state index is 0.0395. The maximum atomic E-state index is 5.70. The second-order valence-corrected chi connectivity index (χ2v) is 4.91. The fourth-order valence-electron chi connectivity index (χ4n) is 1.47. The van der Waals surface area contributed by atoms with Crippen molar-refractivity contribution in [2.45, 2.75) is 45.6 Å². The molecule has 1 heterocycles. The highest BCUT2D eigenvalue weighted by atomic mass is 15.3. The summed E-state index contributed by atoms with van der Waals surface area (Å²) in [7, 11) is 1.93. The van der Waals surface area contributed by atoms with Crippen molar-refractivity contribution in [2.75, 3.05) is 0 Å². The first-order valence-corrected chi connectivity index (χ1v) is 4.96. The van der Waals surface area contributed by atoms with E-state index in [-0.39, 0.29) is 11.5 Å². The molecular weight excluding hydrogens is 176 g/mol. The van der Waals surface area contributed by atoms with Gasteiger partial charge < -0.3 is 5.73 Å². The predicted octanol–water partition coefficient (Wildman–Crippen LogP) is 1.00. The lowest BCUT2D eigenvalue weighted by molar-refractivity contribution is 0.506. The van der Waals surface area contributed by atoms with E-state index in [0.717, 1.165) is 18.1 Å². The quantitative estimate of drug-likeness (QED) is 0.767. The van der Waals surface area contributed by atoms with Crippen LogP contribution in [0.25, 0.3) is 0 Å². The topological polar surface area (TPSA) is 56.7 Å². The van der Waals surface area contributed by atoms with E-state index < -0.39 is 0 Å². The Balaban J connectivity index is 2.94. The molecule has 1 aromatic rings. The molecule has 80 valence electrons. The Bertz CT molecular complexity index is 306. The largest absolute Gasteiger partial charge is 0.328 e. The summed E-state index contributed by atoms with van der Waals surface area (Å²) in [5.41, 5.74) is 5.74. The van der Waals surface area contributed by atoms with E-state index in [1.165, 1.54) is 0 Å². The van der Waals surface area contributed by atoms with E-state index in [1.54, 1.807) is 0 Å². The first-order chi connectivity index (χ1) is 6.30. The van der Waals surface area contributed by atoms with E-state index in [9.17, 15) is 0 Å². The summed E-state index contributed by atoms with van der Waals surface area (Å²) in [6.07, 6.45) is 0.740. The van der Waals surface area contributed by atoms with Gasteiger partial charge in [0, 0.05) is 24.9 Å². The molecular formula is C10H20N4. The van der Waals surface area contributed by atoms with Crippen molar-refractivity contribution >= 4 is 0 Å². The summed E-state index contributed by atoms with van der Waals surface area (Å²) in [6.45, 7) is 8.36. The van der Waals surface area contributed by atoms with Gasteiger partial charge in [-0.2, -0.15) is 5.10 Å². The van der Waals surface area contributed by atoms with Gasteiger partial charge in [0.1, 0.15) is 5.82 Å². The fourth-order valence-corrected chi connectivity index (χ4v) is 1.47. The Morgan fingerprint density at radius 1 is 1.43 bits per heavy atom. The molecule has 0 radical (unpaired) electrons. The zero-order chi connectivity index (χ0) is 10.9. The summed E-state index contributed by atoms with van der Waals surface area (Å²) < 4.78 is 1.84. The van der Waals surface area contributed by atoms with Gasteiger partial charge in [-0.25, -0.2) is 4.98 Å².